The van der Waals surface area contributed by atoms with Gasteiger partial charge >= 0.3 is 6.36 Å². The second-order valence-electron chi connectivity index (χ2n) is 7.96. The van der Waals surface area contributed by atoms with Gasteiger partial charge in [-0.25, -0.2) is 0 Å². The SMILES string of the molecule is CC(=O)N1C(=O)CCC1c1ccc(-c2ccc(OCc3ccc(OC(F)(F)F)cc3)cc2)cc1. The van der Waals surface area contributed by atoms with Gasteiger partial charge in [-0.15, -0.1) is 13.2 Å². The Kier molecular flexibility index (Phi) is 6.58. The van der Waals surface area contributed by atoms with Crippen LogP contribution in [0.5, 0.6) is 11.5 Å². The zero-order valence-electron chi connectivity index (χ0n) is 18.3. The highest BCUT2D eigenvalue weighted by molar-refractivity contribution is 5.96. The van der Waals surface area contributed by atoms with Crippen LogP contribution in [0.3, 0.4) is 0 Å². The first kappa shape index (κ1) is 23.4. The van der Waals surface area contributed by atoms with Crippen LogP contribution < -0.4 is 9.47 Å². The minimum atomic E-state index is -4.72. The van der Waals surface area contributed by atoms with Gasteiger partial charge in [-0.2, -0.15) is 0 Å². The Labute approximate surface area is 194 Å². The number of ether oxygens (including phenoxy) is 2. The third-order valence-electron chi connectivity index (χ3n) is 5.60. The minimum Gasteiger partial charge on any atom is -0.489 e. The van der Waals surface area contributed by atoms with Crippen molar-refractivity contribution in [3.8, 4) is 22.6 Å². The Morgan fingerprint density at radius 3 is 2.03 bits per heavy atom. The predicted molar refractivity (Wildman–Crippen MR) is 119 cm³/mol. The number of nitrogens with zero attached hydrogens (tertiary/aromatic N) is 1. The van der Waals surface area contributed by atoms with Gasteiger partial charge < -0.3 is 9.47 Å². The maximum Gasteiger partial charge on any atom is 0.573 e. The number of carbonyl (C=O) groups is 2. The molecule has 4 rings (SSSR count). The van der Waals surface area contributed by atoms with Crippen LogP contribution in [0.25, 0.3) is 11.1 Å². The average Bonchev–Trinajstić information content (AvgIpc) is 3.20. The summed E-state index contributed by atoms with van der Waals surface area (Å²) in [5.74, 6) is -0.0294. The molecule has 3 aromatic carbocycles. The third kappa shape index (κ3) is 5.57. The van der Waals surface area contributed by atoms with Crippen LogP contribution in [0, 0.1) is 0 Å². The maximum absolute atomic E-state index is 12.2. The molecule has 0 aromatic heterocycles. The number of rotatable bonds is 6. The van der Waals surface area contributed by atoms with E-state index >= 15 is 0 Å². The summed E-state index contributed by atoms with van der Waals surface area (Å²) in [5, 5.41) is 0. The van der Waals surface area contributed by atoms with Gasteiger partial charge in [0, 0.05) is 13.3 Å². The molecular formula is C26H22F3NO4. The molecule has 0 N–H and O–H groups in total. The van der Waals surface area contributed by atoms with Gasteiger partial charge in [0.15, 0.2) is 0 Å². The number of halogens is 3. The summed E-state index contributed by atoms with van der Waals surface area (Å²) in [6.45, 7) is 1.61. The smallest absolute Gasteiger partial charge is 0.489 e. The van der Waals surface area contributed by atoms with E-state index in [0.717, 1.165) is 16.7 Å². The van der Waals surface area contributed by atoms with E-state index in [1.165, 1.54) is 36.1 Å². The average molecular weight is 469 g/mol. The van der Waals surface area contributed by atoms with E-state index in [1.54, 1.807) is 0 Å². The fourth-order valence-corrected chi connectivity index (χ4v) is 3.99. The Hall–Kier alpha value is -3.81. The molecule has 0 aliphatic carbocycles. The van der Waals surface area contributed by atoms with Gasteiger partial charge in [0.1, 0.15) is 18.1 Å². The van der Waals surface area contributed by atoms with E-state index in [2.05, 4.69) is 4.74 Å². The van der Waals surface area contributed by atoms with Crippen LogP contribution >= 0.6 is 0 Å². The monoisotopic (exact) mass is 469 g/mol. The predicted octanol–water partition coefficient (Wildman–Crippen LogP) is 6.04. The van der Waals surface area contributed by atoms with Crippen molar-refractivity contribution in [3.05, 3.63) is 83.9 Å². The molecule has 0 bridgehead atoms. The van der Waals surface area contributed by atoms with Gasteiger partial charge in [-0.1, -0.05) is 48.5 Å². The summed E-state index contributed by atoms with van der Waals surface area (Å²) in [4.78, 5) is 25.1. The molecule has 3 aromatic rings. The van der Waals surface area contributed by atoms with Gasteiger partial charge in [0.2, 0.25) is 11.8 Å². The topological polar surface area (TPSA) is 55.8 Å². The van der Waals surface area contributed by atoms with Crippen molar-refractivity contribution < 1.29 is 32.2 Å². The van der Waals surface area contributed by atoms with Crippen molar-refractivity contribution in [2.24, 2.45) is 0 Å². The molecule has 2 amide bonds. The highest BCUT2D eigenvalue weighted by Gasteiger charge is 2.34. The van der Waals surface area contributed by atoms with Crippen LogP contribution in [-0.4, -0.2) is 23.1 Å². The number of imide groups is 1. The van der Waals surface area contributed by atoms with Crippen molar-refractivity contribution in [2.45, 2.75) is 38.8 Å². The fraction of sp³-hybridized carbons (Fsp3) is 0.231. The molecular weight excluding hydrogens is 447 g/mol. The molecule has 1 aliphatic rings. The molecule has 0 radical (unpaired) electrons. The van der Waals surface area contributed by atoms with Crippen LogP contribution in [0.1, 0.15) is 36.9 Å². The molecule has 34 heavy (non-hydrogen) atoms. The van der Waals surface area contributed by atoms with Crippen molar-refractivity contribution in [3.63, 3.8) is 0 Å². The molecule has 1 heterocycles. The third-order valence-corrected chi connectivity index (χ3v) is 5.60. The number of amides is 2. The second-order valence-corrected chi connectivity index (χ2v) is 7.96. The summed E-state index contributed by atoms with van der Waals surface area (Å²) in [6.07, 6.45) is -3.72. The lowest BCUT2D eigenvalue weighted by atomic mass is 9.99. The van der Waals surface area contributed by atoms with E-state index in [1.807, 2.05) is 48.5 Å². The quantitative estimate of drug-likeness (QED) is 0.442. The number of benzene rings is 3. The molecule has 0 spiro atoms. The Bertz CT molecular complexity index is 1160. The number of hydrogen-bond acceptors (Lipinski definition) is 4. The number of alkyl halides is 3. The highest BCUT2D eigenvalue weighted by atomic mass is 19.4. The largest absolute Gasteiger partial charge is 0.573 e. The molecule has 5 nitrogen and oxygen atoms in total. The van der Waals surface area contributed by atoms with Crippen LogP contribution in [0.2, 0.25) is 0 Å². The Morgan fingerprint density at radius 1 is 0.912 bits per heavy atom. The summed E-state index contributed by atoms with van der Waals surface area (Å²) in [5.41, 5.74) is 3.59. The van der Waals surface area contributed by atoms with Crippen molar-refractivity contribution in [1.29, 1.82) is 0 Å². The maximum atomic E-state index is 12.2. The summed E-state index contributed by atoms with van der Waals surface area (Å²) in [6, 6.07) is 20.5. The van der Waals surface area contributed by atoms with E-state index in [0.29, 0.717) is 24.2 Å². The van der Waals surface area contributed by atoms with Crippen molar-refractivity contribution in [2.75, 3.05) is 0 Å². The lowest BCUT2D eigenvalue weighted by Gasteiger charge is -2.22. The zero-order valence-corrected chi connectivity index (χ0v) is 18.3. The lowest BCUT2D eigenvalue weighted by Crippen LogP contribution is -2.32. The number of carbonyl (C=O) groups excluding carboxylic acids is 2. The second kappa shape index (κ2) is 9.59. The number of likely N-dealkylation sites (tertiary alicyclic amines) is 1. The Balaban J connectivity index is 1.36. The first-order chi connectivity index (χ1) is 16.2. The highest BCUT2D eigenvalue weighted by Crippen LogP contribution is 2.34. The van der Waals surface area contributed by atoms with E-state index < -0.39 is 6.36 Å². The fourth-order valence-electron chi connectivity index (χ4n) is 3.99. The van der Waals surface area contributed by atoms with Gasteiger partial charge in [0.05, 0.1) is 6.04 Å². The van der Waals surface area contributed by atoms with Gasteiger partial charge in [0.25, 0.3) is 0 Å². The molecule has 1 aliphatic heterocycles. The normalized spacial score (nSPS) is 15.9. The summed E-state index contributed by atoms with van der Waals surface area (Å²) in [7, 11) is 0. The van der Waals surface area contributed by atoms with Crippen molar-refractivity contribution >= 4 is 11.8 Å². The lowest BCUT2D eigenvalue weighted by molar-refractivity contribution is -0.274. The molecule has 0 saturated carbocycles. The van der Waals surface area contributed by atoms with Gasteiger partial charge in [-0.05, 0) is 52.9 Å². The molecule has 1 atom stereocenters. The summed E-state index contributed by atoms with van der Waals surface area (Å²) >= 11 is 0. The standard InChI is InChI=1S/C26H22F3NO4/c1-17(31)30-24(14-15-25(30)32)21-6-4-19(5-7-21)20-8-12-22(13-9-20)33-16-18-2-10-23(11-3-18)34-26(27,28)29/h2-13,24H,14-16H2,1H3. The van der Waals surface area contributed by atoms with E-state index in [4.69, 9.17) is 4.74 Å². The van der Waals surface area contributed by atoms with E-state index in [-0.39, 0.29) is 30.2 Å². The van der Waals surface area contributed by atoms with Crippen LogP contribution in [-0.2, 0) is 16.2 Å². The Morgan fingerprint density at radius 2 is 1.47 bits per heavy atom. The zero-order chi connectivity index (χ0) is 24.3. The summed E-state index contributed by atoms with van der Waals surface area (Å²) < 4.78 is 46.3. The first-order valence-electron chi connectivity index (χ1n) is 10.7. The molecule has 176 valence electrons. The van der Waals surface area contributed by atoms with Crippen LogP contribution in [0.4, 0.5) is 13.2 Å². The molecule has 1 fully saturated rings. The van der Waals surface area contributed by atoms with E-state index in [9.17, 15) is 22.8 Å². The molecule has 8 heteroatoms. The first-order valence-corrected chi connectivity index (χ1v) is 10.7. The molecule has 1 unspecified atom stereocenters. The van der Waals surface area contributed by atoms with Crippen molar-refractivity contribution in [1.82, 2.24) is 4.90 Å². The minimum absolute atomic E-state index is 0.136. The van der Waals surface area contributed by atoms with Crippen LogP contribution in [0.15, 0.2) is 72.8 Å². The molecule has 1 saturated heterocycles. The number of hydrogen-bond donors (Lipinski definition) is 0. The van der Waals surface area contributed by atoms with Gasteiger partial charge in [-0.3, -0.25) is 14.5 Å².